The molecule has 2 atom stereocenters. The second-order valence-electron chi connectivity index (χ2n) is 5.61. The van der Waals surface area contributed by atoms with Crippen molar-refractivity contribution in [3.05, 3.63) is 23.8 Å². The van der Waals surface area contributed by atoms with E-state index in [9.17, 15) is 4.79 Å². The Kier molecular flexibility index (Phi) is 4.68. The van der Waals surface area contributed by atoms with Crippen molar-refractivity contribution in [2.45, 2.75) is 31.9 Å². The fourth-order valence-corrected chi connectivity index (χ4v) is 2.67. The molecule has 2 aliphatic rings. The highest BCUT2D eigenvalue weighted by Gasteiger charge is 2.18. The predicted octanol–water partition coefficient (Wildman–Crippen LogP) is 2.00. The minimum atomic E-state index is -0.183. The van der Waals surface area contributed by atoms with E-state index in [4.69, 9.17) is 14.2 Å². The smallest absolute Gasteiger partial charge is 0.315 e. The van der Waals surface area contributed by atoms with Gasteiger partial charge < -0.3 is 24.8 Å². The maximum Gasteiger partial charge on any atom is 0.315 e. The van der Waals surface area contributed by atoms with Gasteiger partial charge in [0.2, 0.25) is 0 Å². The fourth-order valence-electron chi connectivity index (χ4n) is 2.67. The van der Waals surface area contributed by atoms with Crippen LogP contribution in [0.5, 0.6) is 11.5 Å². The van der Waals surface area contributed by atoms with Crippen LogP contribution in [0.4, 0.5) is 4.79 Å². The Morgan fingerprint density at radius 2 is 2.09 bits per heavy atom. The van der Waals surface area contributed by atoms with Crippen molar-refractivity contribution in [1.82, 2.24) is 10.6 Å². The lowest BCUT2D eigenvalue weighted by molar-refractivity contribution is 0.111. The summed E-state index contributed by atoms with van der Waals surface area (Å²) in [7, 11) is 0. The first kappa shape index (κ1) is 15.0. The average Bonchev–Trinajstić information content (AvgIpc) is 3.06. The highest BCUT2D eigenvalue weighted by Crippen LogP contribution is 2.32. The van der Waals surface area contributed by atoms with Crippen molar-refractivity contribution < 1.29 is 19.0 Å². The Bertz CT molecular complexity index is 529. The lowest BCUT2D eigenvalue weighted by atomic mass is 10.1. The quantitative estimate of drug-likeness (QED) is 0.892. The third-order valence-electron chi connectivity index (χ3n) is 3.93. The Morgan fingerprint density at radius 1 is 1.27 bits per heavy atom. The normalized spacial score (nSPS) is 21.2. The number of fused-ring (bicyclic) bond motifs is 1. The summed E-state index contributed by atoms with van der Waals surface area (Å²) in [5.74, 6) is 1.49. The molecule has 6 nitrogen and oxygen atoms in total. The van der Waals surface area contributed by atoms with Gasteiger partial charge in [-0.2, -0.15) is 0 Å². The van der Waals surface area contributed by atoms with Crippen LogP contribution < -0.4 is 20.1 Å². The van der Waals surface area contributed by atoms with Crippen LogP contribution in [0.3, 0.4) is 0 Å². The van der Waals surface area contributed by atoms with E-state index in [-0.39, 0.29) is 18.2 Å². The molecule has 2 N–H and O–H groups in total. The first-order chi connectivity index (χ1) is 10.7. The standard InChI is InChI=1S/C16H22N2O4/c1-11(18-16(19)17-10-13-3-2-6-20-13)12-4-5-14-15(9-12)22-8-7-21-14/h4-5,9,11,13H,2-3,6-8,10H2,1H3,(H2,17,18,19)/t11-,13-/m0/s1. The second-order valence-corrected chi connectivity index (χ2v) is 5.61. The zero-order chi connectivity index (χ0) is 15.4. The van der Waals surface area contributed by atoms with Gasteiger partial charge in [0, 0.05) is 13.2 Å². The van der Waals surface area contributed by atoms with Crippen molar-refractivity contribution in [1.29, 1.82) is 0 Å². The molecule has 1 fully saturated rings. The van der Waals surface area contributed by atoms with E-state index < -0.39 is 0 Å². The van der Waals surface area contributed by atoms with E-state index >= 15 is 0 Å². The van der Waals surface area contributed by atoms with Crippen LogP contribution in [0.25, 0.3) is 0 Å². The molecule has 22 heavy (non-hydrogen) atoms. The lowest BCUT2D eigenvalue weighted by Gasteiger charge is -2.21. The summed E-state index contributed by atoms with van der Waals surface area (Å²) in [5.41, 5.74) is 0.983. The molecule has 2 amide bonds. The maximum absolute atomic E-state index is 11.9. The van der Waals surface area contributed by atoms with Gasteiger partial charge in [-0.15, -0.1) is 0 Å². The summed E-state index contributed by atoms with van der Waals surface area (Å²) in [6.45, 7) is 4.42. The molecule has 1 aromatic rings. The number of amides is 2. The fraction of sp³-hybridized carbons (Fsp3) is 0.562. The molecule has 0 unspecified atom stereocenters. The van der Waals surface area contributed by atoms with Crippen molar-refractivity contribution in [2.24, 2.45) is 0 Å². The highest BCUT2D eigenvalue weighted by molar-refractivity contribution is 5.74. The maximum atomic E-state index is 11.9. The molecule has 0 radical (unpaired) electrons. The van der Waals surface area contributed by atoms with Crippen LogP contribution >= 0.6 is 0 Å². The van der Waals surface area contributed by atoms with Crippen molar-refractivity contribution in [3.63, 3.8) is 0 Å². The molecule has 0 spiro atoms. The molecule has 1 saturated heterocycles. The summed E-state index contributed by atoms with van der Waals surface area (Å²) in [6, 6.07) is 5.45. The van der Waals surface area contributed by atoms with Gasteiger partial charge in [-0.1, -0.05) is 6.07 Å². The second kappa shape index (κ2) is 6.87. The van der Waals surface area contributed by atoms with Gasteiger partial charge >= 0.3 is 6.03 Å². The molecule has 0 saturated carbocycles. The molecule has 2 aliphatic heterocycles. The Labute approximate surface area is 130 Å². The van der Waals surface area contributed by atoms with Gasteiger partial charge in [0.1, 0.15) is 13.2 Å². The highest BCUT2D eigenvalue weighted by atomic mass is 16.6. The number of carbonyl (C=O) groups excluding carboxylic acids is 1. The largest absolute Gasteiger partial charge is 0.486 e. The van der Waals surface area contributed by atoms with Crippen LogP contribution in [-0.2, 0) is 4.74 Å². The Morgan fingerprint density at radius 3 is 2.86 bits per heavy atom. The molecule has 0 aromatic heterocycles. The summed E-state index contributed by atoms with van der Waals surface area (Å²) in [5, 5.41) is 5.78. The summed E-state index contributed by atoms with van der Waals surface area (Å²) < 4.78 is 16.5. The molecule has 0 bridgehead atoms. The summed E-state index contributed by atoms with van der Waals surface area (Å²) in [6.07, 6.45) is 2.23. The molecule has 3 rings (SSSR count). The number of benzene rings is 1. The van der Waals surface area contributed by atoms with Gasteiger partial charge in [0.15, 0.2) is 11.5 Å². The topological polar surface area (TPSA) is 68.8 Å². The first-order valence-corrected chi connectivity index (χ1v) is 7.78. The van der Waals surface area contributed by atoms with E-state index in [0.717, 1.165) is 36.5 Å². The van der Waals surface area contributed by atoms with Crippen LogP contribution in [0.1, 0.15) is 31.4 Å². The van der Waals surface area contributed by atoms with Crippen LogP contribution in [-0.4, -0.2) is 38.5 Å². The minimum absolute atomic E-state index is 0.111. The van der Waals surface area contributed by atoms with Gasteiger partial charge in [-0.05, 0) is 37.5 Å². The molecule has 6 heteroatoms. The zero-order valence-corrected chi connectivity index (χ0v) is 12.8. The third kappa shape index (κ3) is 3.62. The molecular formula is C16H22N2O4. The molecule has 2 heterocycles. The number of ether oxygens (including phenoxy) is 3. The van der Waals surface area contributed by atoms with E-state index in [2.05, 4.69) is 10.6 Å². The Balaban J connectivity index is 1.52. The van der Waals surface area contributed by atoms with Crippen LogP contribution in [0, 0.1) is 0 Å². The number of hydrogen-bond acceptors (Lipinski definition) is 4. The number of nitrogens with one attached hydrogen (secondary N) is 2. The van der Waals surface area contributed by atoms with Crippen molar-refractivity contribution in [3.8, 4) is 11.5 Å². The van der Waals surface area contributed by atoms with Crippen LogP contribution in [0.15, 0.2) is 18.2 Å². The number of rotatable bonds is 4. The van der Waals surface area contributed by atoms with Crippen molar-refractivity contribution >= 4 is 6.03 Å². The van der Waals surface area contributed by atoms with E-state index in [1.807, 2.05) is 25.1 Å². The van der Waals surface area contributed by atoms with E-state index in [1.165, 1.54) is 0 Å². The molecule has 120 valence electrons. The lowest BCUT2D eigenvalue weighted by Crippen LogP contribution is -2.40. The van der Waals surface area contributed by atoms with E-state index in [0.29, 0.717) is 19.8 Å². The minimum Gasteiger partial charge on any atom is -0.486 e. The summed E-state index contributed by atoms with van der Waals surface area (Å²) >= 11 is 0. The van der Waals surface area contributed by atoms with Gasteiger partial charge in [0.25, 0.3) is 0 Å². The molecule has 0 aliphatic carbocycles. The van der Waals surface area contributed by atoms with E-state index in [1.54, 1.807) is 0 Å². The predicted molar refractivity (Wildman–Crippen MR) is 81.4 cm³/mol. The average molecular weight is 306 g/mol. The Hall–Kier alpha value is -1.95. The van der Waals surface area contributed by atoms with Crippen molar-refractivity contribution in [2.75, 3.05) is 26.4 Å². The SMILES string of the molecule is C[C@H](NC(=O)NC[C@@H]1CCCO1)c1ccc2c(c1)OCCO2. The molecular weight excluding hydrogens is 284 g/mol. The first-order valence-electron chi connectivity index (χ1n) is 7.78. The van der Waals surface area contributed by atoms with Gasteiger partial charge in [-0.25, -0.2) is 4.79 Å². The monoisotopic (exact) mass is 306 g/mol. The van der Waals surface area contributed by atoms with Gasteiger partial charge in [-0.3, -0.25) is 0 Å². The number of hydrogen-bond donors (Lipinski definition) is 2. The summed E-state index contributed by atoms with van der Waals surface area (Å²) in [4.78, 5) is 11.9. The number of carbonyl (C=O) groups is 1. The van der Waals surface area contributed by atoms with Crippen LogP contribution in [0.2, 0.25) is 0 Å². The van der Waals surface area contributed by atoms with Gasteiger partial charge in [0.05, 0.1) is 12.1 Å². The molecule has 1 aromatic carbocycles. The third-order valence-corrected chi connectivity index (χ3v) is 3.93. The number of urea groups is 1. The zero-order valence-electron chi connectivity index (χ0n) is 12.8.